The van der Waals surface area contributed by atoms with E-state index in [0.717, 1.165) is 10.0 Å². The molecular weight excluding hydrogens is 350 g/mol. The topological polar surface area (TPSA) is 78.5 Å². The van der Waals surface area contributed by atoms with Gasteiger partial charge in [-0.15, -0.1) is 0 Å². The van der Waals surface area contributed by atoms with E-state index in [1.807, 2.05) is 19.1 Å². The fourth-order valence-corrected chi connectivity index (χ4v) is 2.39. The number of carbonyl (C=O) groups is 2. The molecule has 0 unspecified atom stereocenters. The molecule has 2 aromatic carbocycles. The first-order valence-corrected chi connectivity index (χ1v) is 7.25. The summed E-state index contributed by atoms with van der Waals surface area (Å²) in [6, 6.07) is 11.4. The van der Waals surface area contributed by atoms with Gasteiger partial charge in [0.2, 0.25) is 0 Å². The number of halogens is 1. The highest BCUT2D eigenvalue weighted by molar-refractivity contribution is 9.10. The Morgan fingerprint density at radius 3 is 2.68 bits per heavy atom. The van der Waals surface area contributed by atoms with Gasteiger partial charge < -0.3 is 20.0 Å². The number of nitrogens with one attached hydrogen (secondary N) is 1. The Labute approximate surface area is 136 Å². The Kier molecular flexibility index (Phi) is 5.16. The van der Waals surface area contributed by atoms with Gasteiger partial charge in [-0.3, -0.25) is 4.79 Å². The second-order valence-electron chi connectivity index (χ2n) is 4.64. The van der Waals surface area contributed by atoms with Gasteiger partial charge in [-0.25, -0.2) is 0 Å². The molecule has 1 N–H and O–H groups in total. The number of aromatic carboxylic acids is 1. The first kappa shape index (κ1) is 16.0. The van der Waals surface area contributed by atoms with E-state index in [9.17, 15) is 14.7 Å². The molecule has 0 heterocycles. The molecular formula is C16H13BrNO4-. The first-order chi connectivity index (χ1) is 10.5. The summed E-state index contributed by atoms with van der Waals surface area (Å²) in [5.41, 5.74) is 1.45. The molecule has 0 bridgehead atoms. The Balaban J connectivity index is 1.95. The maximum absolute atomic E-state index is 11.8. The van der Waals surface area contributed by atoms with E-state index in [1.165, 1.54) is 18.2 Å². The van der Waals surface area contributed by atoms with Crippen molar-refractivity contribution in [2.45, 2.75) is 6.92 Å². The zero-order valence-corrected chi connectivity index (χ0v) is 13.3. The molecule has 22 heavy (non-hydrogen) atoms. The van der Waals surface area contributed by atoms with Gasteiger partial charge in [0.05, 0.1) is 10.4 Å². The Hall–Kier alpha value is -2.34. The van der Waals surface area contributed by atoms with Gasteiger partial charge in [0.15, 0.2) is 6.61 Å². The van der Waals surface area contributed by atoms with Crippen molar-refractivity contribution in [3.8, 4) is 5.75 Å². The number of amides is 1. The van der Waals surface area contributed by atoms with Crippen molar-refractivity contribution in [3.63, 3.8) is 0 Å². The SMILES string of the molecule is Cc1ccc(OCC(=O)Nc2cccc(C(=O)[O-])c2)c(Br)c1. The molecule has 5 nitrogen and oxygen atoms in total. The molecule has 0 fully saturated rings. The summed E-state index contributed by atoms with van der Waals surface area (Å²) in [5.74, 6) is -1.12. The average molecular weight is 363 g/mol. The van der Waals surface area contributed by atoms with Gasteiger partial charge in [0.25, 0.3) is 5.91 Å². The van der Waals surface area contributed by atoms with Gasteiger partial charge in [0.1, 0.15) is 5.75 Å². The summed E-state index contributed by atoms with van der Waals surface area (Å²) in [6.07, 6.45) is 0. The monoisotopic (exact) mass is 362 g/mol. The lowest BCUT2D eigenvalue weighted by molar-refractivity contribution is -0.255. The van der Waals surface area contributed by atoms with Crippen LogP contribution in [0.4, 0.5) is 5.69 Å². The third-order valence-electron chi connectivity index (χ3n) is 2.83. The van der Waals surface area contributed by atoms with Gasteiger partial charge >= 0.3 is 0 Å². The largest absolute Gasteiger partial charge is 0.545 e. The molecule has 1 amide bonds. The highest BCUT2D eigenvalue weighted by Crippen LogP contribution is 2.25. The molecule has 0 saturated heterocycles. The fraction of sp³-hybridized carbons (Fsp3) is 0.125. The Morgan fingerprint density at radius 2 is 2.00 bits per heavy atom. The molecule has 0 aliphatic heterocycles. The summed E-state index contributed by atoms with van der Waals surface area (Å²) in [4.78, 5) is 22.6. The summed E-state index contributed by atoms with van der Waals surface area (Å²) >= 11 is 3.36. The molecule has 0 atom stereocenters. The van der Waals surface area contributed by atoms with Crippen LogP contribution in [0.1, 0.15) is 15.9 Å². The van der Waals surface area contributed by atoms with Crippen LogP contribution in [-0.4, -0.2) is 18.5 Å². The van der Waals surface area contributed by atoms with Crippen molar-refractivity contribution in [1.82, 2.24) is 0 Å². The van der Waals surface area contributed by atoms with E-state index in [4.69, 9.17) is 4.74 Å². The third kappa shape index (κ3) is 4.33. The van der Waals surface area contributed by atoms with Gasteiger partial charge in [-0.05, 0) is 58.2 Å². The van der Waals surface area contributed by atoms with Crippen molar-refractivity contribution in [3.05, 3.63) is 58.1 Å². The minimum Gasteiger partial charge on any atom is -0.545 e. The lowest BCUT2D eigenvalue weighted by Gasteiger charge is -2.10. The number of carboxylic acid groups (broad SMARTS) is 1. The van der Waals surface area contributed by atoms with E-state index >= 15 is 0 Å². The van der Waals surface area contributed by atoms with Crippen molar-refractivity contribution in [2.75, 3.05) is 11.9 Å². The maximum Gasteiger partial charge on any atom is 0.262 e. The van der Waals surface area contributed by atoms with Crippen LogP contribution >= 0.6 is 15.9 Å². The minimum atomic E-state index is -1.30. The number of carboxylic acids is 1. The van der Waals surface area contributed by atoms with Crippen LogP contribution in [0.15, 0.2) is 46.9 Å². The van der Waals surface area contributed by atoms with Gasteiger partial charge in [0, 0.05) is 5.69 Å². The quantitative estimate of drug-likeness (QED) is 0.883. The van der Waals surface area contributed by atoms with Crippen LogP contribution in [0.3, 0.4) is 0 Å². The number of anilines is 1. The summed E-state index contributed by atoms with van der Waals surface area (Å²) in [7, 11) is 0. The van der Waals surface area contributed by atoms with Gasteiger partial charge in [-0.2, -0.15) is 0 Å². The lowest BCUT2D eigenvalue weighted by atomic mass is 10.2. The lowest BCUT2D eigenvalue weighted by Crippen LogP contribution is -2.23. The number of aryl methyl sites for hydroxylation is 1. The van der Waals surface area contributed by atoms with Crippen LogP contribution in [0.5, 0.6) is 5.75 Å². The molecule has 114 valence electrons. The van der Waals surface area contributed by atoms with Crippen molar-refractivity contribution in [2.24, 2.45) is 0 Å². The van der Waals surface area contributed by atoms with Crippen molar-refractivity contribution >= 4 is 33.5 Å². The molecule has 2 rings (SSSR count). The summed E-state index contributed by atoms with van der Waals surface area (Å²) < 4.78 is 6.18. The standard InChI is InChI=1S/C16H14BrNO4/c1-10-5-6-14(13(17)7-10)22-9-15(19)18-12-4-2-3-11(8-12)16(20)21/h2-8H,9H2,1H3,(H,18,19)(H,20,21)/p-1. The minimum absolute atomic E-state index is 0.00000241. The normalized spacial score (nSPS) is 10.1. The number of rotatable bonds is 5. The zero-order valence-electron chi connectivity index (χ0n) is 11.8. The predicted octanol–water partition coefficient (Wildman–Crippen LogP) is 2.14. The number of hydrogen-bond acceptors (Lipinski definition) is 4. The van der Waals surface area contributed by atoms with E-state index < -0.39 is 5.97 Å². The second kappa shape index (κ2) is 7.09. The zero-order chi connectivity index (χ0) is 16.1. The second-order valence-corrected chi connectivity index (χ2v) is 5.49. The first-order valence-electron chi connectivity index (χ1n) is 6.46. The highest BCUT2D eigenvalue weighted by Gasteiger charge is 2.07. The average Bonchev–Trinajstić information content (AvgIpc) is 2.46. The summed E-state index contributed by atoms with van der Waals surface area (Å²) in [5, 5.41) is 13.3. The number of benzene rings is 2. The van der Waals surface area contributed by atoms with Crippen LogP contribution in [0, 0.1) is 6.92 Å². The molecule has 0 saturated carbocycles. The van der Waals surface area contributed by atoms with Crippen LogP contribution in [0.2, 0.25) is 0 Å². The van der Waals surface area contributed by atoms with E-state index in [1.54, 1.807) is 12.1 Å². The maximum atomic E-state index is 11.8. The third-order valence-corrected chi connectivity index (χ3v) is 3.45. The Bertz CT molecular complexity index is 715. The molecule has 0 aliphatic carbocycles. The fourth-order valence-electron chi connectivity index (χ4n) is 1.79. The smallest absolute Gasteiger partial charge is 0.262 e. The van der Waals surface area contributed by atoms with Crippen molar-refractivity contribution < 1.29 is 19.4 Å². The van der Waals surface area contributed by atoms with Crippen LogP contribution < -0.4 is 15.2 Å². The summed E-state index contributed by atoms with van der Waals surface area (Å²) in [6.45, 7) is 1.77. The van der Waals surface area contributed by atoms with E-state index in [0.29, 0.717) is 11.4 Å². The molecule has 0 radical (unpaired) electrons. The molecule has 0 spiro atoms. The molecule has 2 aromatic rings. The van der Waals surface area contributed by atoms with Crippen LogP contribution in [0.25, 0.3) is 0 Å². The number of ether oxygens (including phenoxy) is 1. The van der Waals surface area contributed by atoms with Crippen molar-refractivity contribution in [1.29, 1.82) is 0 Å². The molecule has 0 aromatic heterocycles. The van der Waals surface area contributed by atoms with E-state index in [-0.39, 0.29) is 18.1 Å². The van der Waals surface area contributed by atoms with Crippen LogP contribution in [-0.2, 0) is 4.79 Å². The molecule has 0 aliphatic rings. The molecule has 6 heteroatoms. The van der Waals surface area contributed by atoms with Gasteiger partial charge in [-0.1, -0.05) is 18.2 Å². The predicted molar refractivity (Wildman–Crippen MR) is 83.8 cm³/mol. The number of hydrogen-bond donors (Lipinski definition) is 1. The Morgan fingerprint density at radius 1 is 1.23 bits per heavy atom. The highest BCUT2D eigenvalue weighted by atomic mass is 79.9. The van der Waals surface area contributed by atoms with E-state index in [2.05, 4.69) is 21.2 Å². The number of carbonyl (C=O) groups excluding carboxylic acids is 2.